The molecule has 1 N–H and O–H groups in total. The van der Waals surface area contributed by atoms with Gasteiger partial charge in [0.1, 0.15) is 0 Å². The van der Waals surface area contributed by atoms with Crippen LogP contribution in [0.25, 0.3) is 0 Å². The van der Waals surface area contributed by atoms with Crippen molar-refractivity contribution in [3.05, 3.63) is 57.2 Å². The molecule has 2 aromatic carbocycles. The summed E-state index contributed by atoms with van der Waals surface area (Å²) in [4.78, 5) is 12.9. The fraction of sp³-hybridized carbons (Fsp3) is 0.350. The molecule has 144 valence electrons. The van der Waals surface area contributed by atoms with Crippen LogP contribution in [0.3, 0.4) is 0 Å². The number of amides is 1. The zero-order chi connectivity index (χ0) is 19.6. The number of piperidine rings is 1. The van der Waals surface area contributed by atoms with Gasteiger partial charge in [-0.05, 0) is 73.0 Å². The third kappa shape index (κ3) is 4.52. The van der Waals surface area contributed by atoms with Gasteiger partial charge in [0.15, 0.2) is 0 Å². The minimum atomic E-state index is -3.52. The Labute approximate surface area is 174 Å². The number of rotatable bonds is 4. The summed E-state index contributed by atoms with van der Waals surface area (Å²) < 4.78 is 28.4. The minimum Gasteiger partial charge on any atom is -0.325 e. The molecule has 1 amide bonds. The van der Waals surface area contributed by atoms with Crippen LogP contribution in [0, 0.1) is 23.3 Å². The second kappa shape index (κ2) is 8.28. The van der Waals surface area contributed by atoms with E-state index < -0.39 is 10.0 Å². The molecule has 1 fully saturated rings. The predicted molar refractivity (Wildman–Crippen MR) is 115 cm³/mol. The van der Waals surface area contributed by atoms with Gasteiger partial charge in [0.05, 0.1) is 10.6 Å². The first-order valence-corrected chi connectivity index (χ1v) is 11.4. The Hall–Kier alpha value is -1.45. The van der Waals surface area contributed by atoms with Gasteiger partial charge < -0.3 is 5.32 Å². The van der Waals surface area contributed by atoms with E-state index in [4.69, 9.17) is 0 Å². The van der Waals surface area contributed by atoms with Crippen molar-refractivity contribution in [1.82, 2.24) is 4.31 Å². The highest BCUT2D eigenvalue weighted by Gasteiger charge is 2.32. The zero-order valence-corrected chi connectivity index (χ0v) is 18.4. The number of para-hydroxylation sites is 1. The Kier molecular flexibility index (Phi) is 6.22. The molecule has 0 radical (unpaired) electrons. The summed E-state index contributed by atoms with van der Waals surface area (Å²) in [6.07, 6.45) is 1.05. The van der Waals surface area contributed by atoms with Gasteiger partial charge >= 0.3 is 0 Å². The Morgan fingerprint density at radius 2 is 1.78 bits per heavy atom. The fourth-order valence-electron chi connectivity index (χ4n) is 3.38. The fourth-order valence-corrected chi connectivity index (χ4v) is 5.58. The number of hydrogen-bond acceptors (Lipinski definition) is 3. The average Bonchev–Trinajstić information content (AvgIpc) is 2.63. The number of hydrogen-bond donors (Lipinski definition) is 1. The summed E-state index contributed by atoms with van der Waals surface area (Å²) in [5.74, 6) is -0.214. The van der Waals surface area contributed by atoms with Crippen molar-refractivity contribution in [3.63, 3.8) is 0 Å². The molecule has 27 heavy (non-hydrogen) atoms. The van der Waals surface area contributed by atoms with Crippen molar-refractivity contribution < 1.29 is 13.2 Å². The molecule has 0 atom stereocenters. The van der Waals surface area contributed by atoms with E-state index in [0.717, 1.165) is 20.4 Å². The maximum absolute atomic E-state index is 13.0. The Morgan fingerprint density at radius 1 is 1.11 bits per heavy atom. The largest absolute Gasteiger partial charge is 0.325 e. The number of sulfonamides is 1. The van der Waals surface area contributed by atoms with Crippen LogP contribution in [-0.4, -0.2) is 31.7 Å². The van der Waals surface area contributed by atoms with Crippen LogP contribution in [0.15, 0.2) is 47.4 Å². The summed E-state index contributed by atoms with van der Waals surface area (Å²) in [5.41, 5.74) is 2.60. The van der Waals surface area contributed by atoms with E-state index in [-0.39, 0.29) is 11.8 Å². The first-order chi connectivity index (χ1) is 12.8. The van der Waals surface area contributed by atoms with Gasteiger partial charge in [-0.3, -0.25) is 4.79 Å². The number of nitrogens with zero attached hydrogens (tertiary/aromatic N) is 1. The highest BCUT2D eigenvalue weighted by Crippen LogP contribution is 2.27. The lowest BCUT2D eigenvalue weighted by Crippen LogP contribution is -2.41. The molecule has 3 rings (SSSR count). The molecule has 0 saturated carbocycles. The van der Waals surface area contributed by atoms with Gasteiger partial charge in [0, 0.05) is 22.6 Å². The number of carbonyl (C=O) groups excluding carboxylic acids is 1. The van der Waals surface area contributed by atoms with Crippen LogP contribution in [0.5, 0.6) is 0 Å². The third-order valence-electron chi connectivity index (χ3n) is 4.90. The van der Waals surface area contributed by atoms with Crippen LogP contribution in [0.2, 0.25) is 0 Å². The topological polar surface area (TPSA) is 66.5 Å². The Bertz CT molecular complexity index is 951. The van der Waals surface area contributed by atoms with Crippen LogP contribution >= 0.6 is 22.6 Å². The van der Waals surface area contributed by atoms with Gasteiger partial charge in [0.25, 0.3) is 0 Å². The van der Waals surface area contributed by atoms with Crippen molar-refractivity contribution in [1.29, 1.82) is 0 Å². The molecular weight excluding hydrogens is 475 g/mol. The molecule has 0 bridgehead atoms. The molecule has 0 spiro atoms. The maximum atomic E-state index is 13.0. The van der Waals surface area contributed by atoms with E-state index >= 15 is 0 Å². The van der Waals surface area contributed by atoms with E-state index in [2.05, 4.69) is 27.9 Å². The maximum Gasteiger partial charge on any atom is 0.243 e. The quantitative estimate of drug-likeness (QED) is 0.650. The second-order valence-electron chi connectivity index (χ2n) is 6.92. The number of aryl methyl sites for hydroxylation is 2. The number of halogens is 1. The summed E-state index contributed by atoms with van der Waals surface area (Å²) in [7, 11) is -3.52. The Morgan fingerprint density at radius 3 is 2.41 bits per heavy atom. The molecule has 2 aromatic rings. The molecule has 0 aliphatic carbocycles. The first-order valence-electron chi connectivity index (χ1n) is 8.92. The molecule has 1 aliphatic rings. The van der Waals surface area contributed by atoms with Crippen molar-refractivity contribution in [2.24, 2.45) is 5.92 Å². The summed E-state index contributed by atoms with van der Waals surface area (Å²) in [5, 5.41) is 2.97. The lowest BCUT2D eigenvalue weighted by molar-refractivity contribution is -0.120. The first kappa shape index (κ1) is 20.3. The third-order valence-corrected chi connectivity index (χ3v) is 7.90. The molecule has 1 saturated heterocycles. The highest BCUT2D eigenvalue weighted by molar-refractivity contribution is 14.1. The van der Waals surface area contributed by atoms with Crippen molar-refractivity contribution in [2.75, 3.05) is 18.4 Å². The number of anilines is 1. The average molecular weight is 498 g/mol. The molecule has 5 nitrogen and oxygen atoms in total. The van der Waals surface area contributed by atoms with E-state index in [1.54, 1.807) is 6.07 Å². The molecular formula is C20H23IN2O3S. The second-order valence-corrected chi connectivity index (χ2v) is 9.98. The van der Waals surface area contributed by atoms with E-state index in [0.29, 0.717) is 30.8 Å². The Balaban J connectivity index is 1.66. The number of carbonyl (C=O) groups is 1. The van der Waals surface area contributed by atoms with Crippen molar-refractivity contribution >= 4 is 44.2 Å². The predicted octanol–water partition coefficient (Wildman–Crippen LogP) is 3.95. The molecule has 1 heterocycles. The highest BCUT2D eigenvalue weighted by atomic mass is 127. The monoisotopic (exact) mass is 498 g/mol. The van der Waals surface area contributed by atoms with E-state index in [1.807, 2.05) is 50.2 Å². The normalized spacial score (nSPS) is 16.3. The smallest absolute Gasteiger partial charge is 0.243 e. The molecule has 0 unspecified atom stereocenters. The molecule has 1 aliphatic heterocycles. The van der Waals surface area contributed by atoms with E-state index in [1.165, 1.54) is 4.31 Å². The molecule has 7 heteroatoms. The summed E-state index contributed by atoms with van der Waals surface area (Å²) >= 11 is 2.19. The van der Waals surface area contributed by atoms with E-state index in [9.17, 15) is 13.2 Å². The van der Waals surface area contributed by atoms with Crippen LogP contribution in [0.1, 0.15) is 24.0 Å². The van der Waals surface area contributed by atoms with Gasteiger partial charge in [0.2, 0.25) is 15.9 Å². The van der Waals surface area contributed by atoms with Gasteiger partial charge in [-0.1, -0.05) is 29.8 Å². The lowest BCUT2D eigenvalue weighted by Gasteiger charge is -2.31. The lowest BCUT2D eigenvalue weighted by atomic mass is 9.97. The van der Waals surface area contributed by atoms with Gasteiger partial charge in [-0.25, -0.2) is 8.42 Å². The standard InChI is InChI=1S/C20H23IN2O3S/c1-14-7-8-19(15(2)13-14)27(25,26)23-11-9-16(10-12-23)20(24)22-18-6-4-3-5-17(18)21/h3-8,13,16H,9-12H2,1-2H3,(H,22,24). The number of nitrogens with one attached hydrogen (secondary N) is 1. The van der Waals surface area contributed by atoms with Gasteiger partial charge in [-0.2, -0.15) is 4.31 Å². The SMILES string of the molecule is Cc1ccc(S(=O)(=O)N2CCC(C(=O)Nc3ccccc3I)CC2)c(C)c1. The zero-order valence-electron chi connectivity index (χ0n) is 15.4. The summed E-state index contributed by atoms with van der Waals surface area (Å²) in [6, 6.07) is 13.0. The summed E-state index contributed by atoms with van der Waals surface area (Å²) in [6.45, 7) is 4.49. The van der Waals surface area contributed by atoms with Crippen LogP contribution in [-0.2, 0) is 14.8 Å². The number of benzene rings is 2. The van der Waals surface area contributed by atoms with Crippen LogP contribution < -0.4 is 5.32 Å². The van der Waals surface area contributed by atoms with Crippen LogP contribution in [0.4, 0.5) is 5.69 Å². The molecule has 0 aromatic heterocycles. The van der Waals surface area contributed by atoms with Crippen molar-refractivity contribution in [3.8, 4) is 0 Å². The van der Waals surface area contributed by atoms with Gasteiger partial charge in [-0.15, -0.1) is 0 Å². The minimum absolute atomic E-state index is 0.0392. The van der Waals surface area contributed by atoms with Crippen molar-refractivity contribution in [2.45, 2.75) is 31.6 Å².